The number of nitrogens with one attached hydrogen (secondary N) is 1. The molecule has 1 aromatic carbocycles. The van der Waals surface area contributed by atoms with Gasteiger partial charge in [-0.25, -0.2) is 0 Å². The highest BCUT2D eigenvalue weighted by Crippen LogP contribution is 2.32. The van der Waals surface area contributed by atoms with Crippen LogP contribution in [0.15, 0.2) is 47.0 Å². The van der Waals surface area contributed by atoms with E-state index in [1.807, 2.05) is 43.3 Å². The number of nitrogens with zero attached hydrogens (tertiary/aromatic N) is 2. The van der Waals surface area contributed by atoms with Crippen LogP contribution in [0.3, 0.4) is 0 Å². The Balaban J connectivity index is 1.72. The second-order valence-corrected chi connectivity index (χ2v) is 6.21. The van der Waals surface area contributed by atoms with Gasteiger partial charge in [0.2, 0.25) is 17.6 Å². The van der Waals surface area contributed by atoms with E-state index < -0.39 is 0 Å². The number of carbonyl (C=O) groups is 1. The number of hydrogen-bond acceptors (Lipinski definition) is 5. The fourth-order valence-corrected chi connectivity index (χ4v) is 2.93. The molecule has 6 heteroatoms. The number of hydrogen-bond donors (Lipinski definition) is 1. The minimum atomic E-state index is -0.175. The van der Waals surface area contributed by atoms with Crippen LogP contribution in [0.25, 0.3) is 16.8 Å². The molecule has 0 unspecified atom stereocenters. The van der Waals surface area contributed by atoms with Gasteiger partial charge in [-0.2, -0.15) is 4.98 Å². The van der Waals surface area contributed by atoms with Gasteiger partial charge in [0.15, 0.2) is 0 Å². The largest absolute Gasteiger partial charge is 0.339 e. The third-order valence-corrected chi connectivity index (χ3v) is 4.20. The molecule has 23 heavy (non-hydrogen) atoms. The Morgan fingerprint density at radius 1 is 1.26 bits per heavy atom. The van der Waals surface area contributed by atoms with Gasteiger partial charge in [0.05, 0.1) is 10.6 Å². The highest BCUT2D eigenvalue weighted by molar-refractivity contribution is 7.16. The van der Waals surface area contributed by atoms with Crippen molar-refractivity contribution in [2.24, 2.45) is 0 Å². The van der Waals surface area contributed by atoms with Crippen LogP contribution in [0.1, 0.15) is 16.3 Å². The summed E-state index contributed by atoms with van der Waals surface area (Å²) in [6.07, 6.45) is 3.30. The molecule has 0 aliphatic carbocycles. The van der Waals surface area contributed by atoms with E-state index in [1.165, 1.54) is 17.4 Å². The van der Waals surface area contributed by atoms with Crippen molar-refractivity contribution in [3.63, 3.8) is 0 Å². The molecule has 3 rings (SSSR count). The maximum atomic E-state index is 12.0. The van der Waals surface area contributed by atoms with Gasteiger partial charge in [0.25, 0.3) is 0 Å². The zero-order valence-electron chi connectivity index (χ0n) is 12.7. The van der Waals surface area contributed by atoms with Crippen molar-refractivity contribution < 1.29 is 9.32 Å². The van der Waals surface area contributed by atoms with E-state index in [4.69, 9.17) is 4.52 Å². The standard InChI is InChI=1S/C17H15N3O2S/c1-11-14(10-15(23-11)17-18-12(2)22-20-17)19-16(21)9-8-13-6-4-3-5-7-13/h3-10H,1-2H3,(H,19,21)/b9-8+. The van der Waals surface area contributed by atoms with E-state index >= 15 is 0 Å². The summed E-state index contributed by atoms with van der Waals surface area (Å²) in [5.41, 5.74) is 1.74. The molecule has 0 aliphatic heterocycles. The molecule has 2 aromatic heterocycles. The zero-order chi connectivity index (χ0) is 16.2. The minimum absolute atomic E-state index is 0.175. The SMILES string of the molecule is Cc1nc(-c2cc(NC(=O)/C=C/c3ccccc3)c(C)s2)no1. The molecule has 1 amide bonds. The maximum absolute atomic E-state index is 12.0. The second kappa shape index (κ2) is 6.58. The van der Waals surface area contributed by atoms with Gasteiger partial charge in [-0.1, -0.05) is 35.5 Å². The van der Waals surface area contributed by atoms with Crippen molar-refractivity contribution in [2.45, 2.75) is 13.8 Å². The Morgan fingerprint density at radius 2 is 2.04 bits per heavy atom. The predicted octanol–water partition coefficient (Wildman–Crippen LogP) is 4.07. The molecule has 0 saturated carbocycles. The topological polar surface area (TPSA) is 68.0 Å². The van der Waals surface area contributed by atoms with Crippen LogP contribution in [-0.2, 0) is 4.79 Å². The summed E-state index contributed by atoms with van der Waals surface area (Å²) in [7, 11) is 0. The van der Waals surface area contributed by atoms with Gasteiger partial charge < -0.3 is 9.84 Å². The van der Waals surface area contributed by atoms with Gasteiger partial charge in [-0.15, -0.1) is 11.3 Å². The summed E-state index contributed by atoms with van der Waals surface area (Å²) in [4.78, 5) is 18.1. The lowest BCUT2D eigenvalue weighted by Crippen LogP contribution is -2.07. The lowest BCUT2D eigenvalue weighted by Gasteiger charge is -1.99. The van der Waals surface area contributed by atoms with Crippen LogP contribution < -0.4 is 5.32 Å². The number of amides is 1. The highest BCUT2D eigenvalue weighted by atomic mass is 32.1. The average molecular weight is 325 g/mol. The quantitative estimate of drug-likeness (QED) is 0.734. The van der Waals surface area contributed by atoms with Crippen molar-refractivity contribution in [1.82, 2.24) is 10.1 Å². The molecule has 2 heterocycles. The molecule has 3 aromatic rings. The van der Waals surface area contributed by atoms with E-state index in [2.05, 4.69) is 15.5 Å². The molecule has 116 valence electrons. The van der Waals surface area contributed by atoms with Crippen LogP contribution >= 0.6 is 11.3 Å². The van der Waals surface area contributed by atoms with Crippen LogP contribution in [-0.4, -0.2) is 16.0 Å². The number of carbonyl (C=O) groups excluding carboxylic acids is 1. The maximum Gasteiger partial charge on any atom is 0.248 e. The van der Waals surface area contributed by atoms with E-state index in [1.54, 1.807) is 13.0 Å². The summed E-state index contributed by atoms with van der Waals surface area (Å²) in [6.45, 7) is 3.69. The summed E-state index contributed by atoms with van der Waals surface area (Å²) in [5, 5.41) is 6.77. The molecule has 0 atom stereocenters. The van der Waals surface area contributed by atoms with Gasteiger partial charge in [0, 0.05) is 17.9 Å². The molecule has 0 aliphatic rings. The molecule has 0 bridgehead atoms. The molecule has 0 spiro atoms. The van der Waals surface area contributed by atoms with Crippen LogP contribution in [0.5, 0.6) is 0 Å². The Hall–Kier alpha value is -2.73. The van der Waals surface area contributed by atoms with E-state index in [9.17, 15) is 4.79 Å². The first-order valence-corrected chi connectivity index (χ1v) is 7.89. The van der Waals surface area contributed by atoms with E-state index in [0.29, 0.717) is 11.7 Å². The minimum Gasteiger partial charge on any atom is -0.339 e. The lowest BCUT2D eigenvalue weighted by molar-refractivity contribution is -0.111. The number of benzene rings is 1. The monoisotopic (exact) mass is 325 g/mol. The lowest BCUT2D eigenvalue weighted by atomic mass is 10.2. The fourth-order valence-electron chi connectivity index (χ4n) is 2.03. The van der Waals surface area contributed by atoms with Crippen LogP contribution in [0.2, 0.25) is 0 Å². The van der Waals surface area contributed by atoms with Crippen LogP contribution in [0.4, 0.5) is 5.69 Å². The van der Waals surface area contributed by atoms with Crippen molar-refractivity contribution >= 4 is 29.0 Å². The van der Waals surface area contributed by atoms with E-state index in [-0.39, 0.29) is 5.91 Å². The highest BCUT2D eigenvalue weighted by Gasteiger charge is 2.13. The molecule has 0 saturated heterocycles. The summed E-state index contributed by atoms with van der Waals surface area (Å²) < 4.78 is 4.98. The number of anilines is 1. The normalized spacial score (nSPS) is 11.0. The Bertz CT molecular complexity index is 850. The van der Waals surface area contributed by atoms with Crippen molar-refractivity contribution in [3.8, 4) is 10.7 Å². The third kappa shape index (κ3) is 3.73. The molecule has 5 nitrogen and oxygen atoms in total. The van der Waals surface area contributed by atoms with Gasteiger partial charge in [-0.3, -0.25) is 4.79 Å². The predicted molar refractivity (Wildman–Crippen MR) is 91.2 cm³/mol. The average Bonchev–Trinajstić information content (AvgIpc) is 3.13. The molecule has 0 fully saturated rings. The molecular weight excluding hydrogens is 310 g/mol. The molecule has 1 N–H and O–H groups in total. The van der Waals surface area contributed by atoms with Crippen molar-refractivity contribution in [3.05, 3.63) is 58.8 Å². The number of thiophene rings is 1. The van der Waals surface area contributed by atoms with Gasteiger partial charge >= 0.3 is 0 Å². The summed E-state index contributed by atoms with van der Waals surface area (Å²) >= 11 is 1.51. The van der Waals surface area contributed by atoms with Crippen molar-refractivity contribution in [1.29, 1.82) is 0 Å². The third-order valence-electron chi connectivity index (χ3n) is 3.15. The molecule has 0 radical (unpaired) electrons. The number of rotatable bonds is 4. The Labute approximate surface area is 137 Å². The van der Waals surface area contributed by atoms with Gasteiger partial charge in [0.1, 0.15) is 0 Å². The van der Waals surface area contributed by atoms with Crippen molar-refractivity contribution in [2.75, 3.05) is 5.32 Å². The van der Waals surface area contributed by atoms with Gasteiger partial charge in [-0.05, 0) is 24.6 Å². The summed E-state index contributed by atoms with van der Waals surface area (Å²) in [6, 6.07) is 11.5. The fraction of sp³-hybridized carbons (Fsp3) is 0.118. The zero-order valence-corrected chi connectivity index (χ0v) is 13.6. The first kappa shape index (κ1) is 15.2. The molecular formula is C17H15N3O2S. The number of aromatic nitrogens is 2. The number of aryl methyl sites for hydroxylation is 2. The first-order valence-electron chi connectivity index (χ1n) is 7.07. The smallest absolute Gasteiger partial charge is 0.248 e. The van der Waals surface area contributed by atoms with Crippen LogP contribution in [0, 0.1) is 13.8 Å². The Kier molecular flexibility index (Phi) is 4.34. The summed E-state index contributed by atoms with van der Waals surface area (Å²) in [5.74, 6) is 0.879. The first-order chi connectivity index (χ1) is 11.1. The second-order valence-electron chi connectivity index (χ2n) is 4.95. The van der Waals surface area contributed by atoms with E-state index in [0.717, 1.165) is 21.0 Å². The Morgan fingerprint density at radius 3 is 2.74 bits per heavy atom.